The van der Waals surface area contributed by atoms with Crippen molar-refractivity contribution in [3.8, 4) is 0 Å². The first-order chi connectivity index (χ1) is 11.5. The van der Waals surface area contributed by atoms with E-state index in [-0.39, 0.29) is 11.6 Å². The quantitative estimate of drug-likeness (QED) is 0.608. The fraction of sp³-hybridized carbons (Fsp3) is 0.588. The van der Waals surface area contributed by atoms with Crippen molar-refractivity contribution in [3.05, 3.63) is 39.4 Å². The maximum atomic E-state index is 12.2. The summed E-state index contributed by atoms with van der Waals surface area (Å²) < 4.78 is 5.09. The average Bonchev–Trinajstić information content (AvgIpc) is 2.59. The van der Waals surface area contributed by atoms with Crippen molar-refractivity contribution in [3.63, 3.8) is 0 Å². The lowest BCUT2D eigenvalue weighted by Crippen LogP contribution is -2.39. The average molecular weight is 335 g/mol. The predicted octanol–water partition coefficient (Wildman–Crippen LogP) is 1.99. The number of methoxy groups -OCH3 is 1. The number of hydrogen-bond donors (Lipinski definition) is 1. The minimum Gasteiger partial charge on any atom is -0.383 e. The number of piperidine rings is 1. The number of nitrogens with zero attached hydrogens (tertiary/aromatic N) is 2. The highest BCUT2D eigenvalue weighted by Gasteiger charge is 2.20. The lowest BCUT2D eigenvalue weighted by molar-refractivity contribution is -0.385. The van der Waals surface area contributed by atoms with Crippen molar-refractivity contribution in [2.45, 2.75) is 19.8 Å². The molecule has 24 heavy (non-hydrogen) atoms. The molecule has 1 aromatic rings. The van der Waals surface area contributed by atoms with E-state index in [1.807, 2.05) is 0 Å². The molecule has 1 amide bonds. The Morgan fingerprint density at radius 1 is 1.42 bits per heavy atom. The monoisotopic (exact) mass is 335 g/mol. The zero-order chi connectivity index (χ0) is 17.5. The van der Waals surface area contributed by atoms with E-state index in [9.17, 15) is 14.9 Å². The highest BCUT2D eigenvalue weighted by atomic mass is 16.6. The Hall–Kier alpha value is -1.99. The highest BCUT2D eigenvalue weighted by Crippen LogP contribution is 2.20. The summed E-state index contributed by atoms with van der Waals surface area (Å²) in [6.45, 7) is 5.99. The zero-order valence-corrected chi connectivity index (χ0v) is 14.3. The molecule has 0 atom stereocenters. The summed E-state index contributed by atoms with van der Waals surface area (Å²) in [7, 11) is 1.71. The van der Waals surface area contributed by atoms with Crippen molar-refractivity contribution in [2.75, 3.05) is 39.9 Å². The summed E-state index contributed by atoms with van der Waals surface area (Å²) in [4.78, 5) is 25.1. The van der Waals surface area contributed by atoms with Crippen LogP contribution < -0.4 is 5.32 Å². The third-order valence-electron chi connectivity index (χ3n) is 4.54. The summed E-state index contributed by atoms with van der Waals surface area (Å²) >= 11 is 0. The van der Waals surface area contributed by atoms with Gasteiger partial charge < -0.3 is 15.0 Å². The van der Waals surface area contributed by atoms with Crippen LogP contribution in [0.1, 0.15) is 28.8 Å². The predicted molar refractivity (Wildman–Crippen MR) is 91.2 cm³/mol. The molecule has 7 heteroatoms. The van der Waals surface area contributed by atoms with E-state index in [4.69, 9.17) is 4.74 Å². The van der Waals surface area contributed by atoms with Crippen LogP contribution in [0.25, 0.3) is 0 Å². The molecular formula is C17H25N3O4. The van der Waals surface area contributed by atoms with Gasteiger partial charge >= 0.3 is 0 Å². The van der Waals surface area contributed by atoms with Crippen molar-refractivity contribution in [1.82, 2.24) is 10.2 Å². The standard InChI is InChI=1S/C17H25N3O4/c1-13-3-4-15(11-16(13)20(22)23)17(21)18-12-14-5-7-19(8-6-14)9-10-24-2/h3-4,11,14H,5-10,12H2,1-2H3,(H,18,21). The molecule has 132 valence electrons. The molecule has 1 fully saturated rings. The smallest absolute Gasteiger partial charge is 0.273 e. The molecule has 7 nitrogen and oxygen atoms in total. The van der Waals surface area contributed by atoms with E-state index in [1.165, 1.54) is 6.07 Å². The van der Waals surface area contributed by atoms with Crippen LogP contribution in [-0.2, 0) is 4.74 Å². The van der Waals surface area contributed by atoms with Gasteiger partial charge in [-0.05, 0) is 44.8 Å². The Bertz CT molecular complexity index is 583. The first kappa shape index (κ1) is 18.4. The number of benzene rings is 1. The number of nitro groups is 1. The molecule has 0 saturated carbocycles. The number of hydrogen-bond acceptors (Lipinski definition) is 5. The normalized spacial score (nSPS) is 16.1. The van der Waals surface area contributed by atoms with E-state index in [1.54, 1.807) is 26.2 Å². The van der Waals surface area contributed by atoms with Gasteiger partial charge in [0.2, 0.25) is 0 Å². The van der Waals surface area contributed by atoms with Crippen molar-refractivity contribution in [1.29, 1.82) is 0 Å². The van der Waals surface area contributed by atoms with Gasteiger partial charge in [-0.2, -0.15) is 0 Å². The molecule has 0 aliphatic carbocycles. The van der Waals surface area contributed by atoms with E-state index < -0.39 is 4.92 Å². The number of carbonyl (C=O) groups is 1. The summed E-state index contributed by atoms with van der Waals surface area (Å²) in [6.07, 6.45) is 2.08. The molecule has 1 saturated heterocycles. The summed E-state index contributed by atoms with van der Waals surface area (Å²) in [5, 5.41) is 13.9. The summed E-state index contributed by atoms with van der Waals surface area (Å²) in [5.41, 5.74) is 0.874. The van der Waals surface area contributed by atoms with Gasteiger partial charge in [0.1, 0.15) is 0 Å². The van der Waals surface area contributed by atoms with E-state index in [2.05, 4.69) is 10.2 Å². The van der Waals surface area contributed by atoms with Gasteiger partial charge in [-0.1, -0.05) is 6.07 Å². The molecule has 0 unspecified atom stereocenters. The van der Waals surface area contributed by atoms with Crippen LogP contribution in [0.4, 0.5) is 5.69 Å². The Balaban J connectivity index is 1.82. The number of rotatable bonds is 7. The minimum absolute atomic E-state index is 0.0194. The van der Waals surface area contributed by atoms with Crippen molar-refractivity contribution in [2.24, 2.45) is 5.92 Å². The van der Waals surface area contributed by atoms with Crippen molar-refractivity contribution < 1.29 is 14.5 Å². The molecule has 1 aliphatic rings. The Kier molecular flexibility index (Phi) is 6.69. The van der Waals surface area contributed by atoms with E-state index in [0.29, 0.717) is 23.6 Å². The van der Waals surface area contributed by atoms with Crippen LogP contribution >= 0.6 is 0 Å². The number of nitrogens with one attached hydrogen (secondary N) is 1. The second-order valence-corrected chi connectivity index (χ2v) is 6.25. The first-order valence-electron chi connectivity index (χ1n) is 8.25. The first-order valence-corrected chi connectivity index (χ1v) is 8.25. The lowest BCUT2D eigenvalue weighted by Gasteiger charge is -2.31. The molecule has 0 radical (unpaired) electrons. The van der Waals surface area contributed by atoms with Crippen LogP contribution in [0.15, 0.2) is 18.2 Å². The molecule has 2 rings (SSSR count). The van der Waals surface area contributed by atoms with Crippen molar-refractivity contribution >= 4 is 11.6 Å². The molecule has 0 aromatic heterocycles. The van der Waals surface area contributed by atoms with Crippen LogP contribution in [0.3, 0.4) is 0 Å². The Morgan fingerprint density at radius 2 is 2.12 bits per heavy atom. The number of ether oxygens (including phenoxy) is 1. The number of amides is 1. The minimum atomic E-state index is -0.456. The number of carbonyl (C=O) groups excluding carboxylic acids is 1. The largest absolute Gasteiger partial charge is 0.383 e. The van der Waals surface area contributed by atoms with Gasteiger partial charge in [0, 0.05) is 37.4 Å². The molecule has 1 aliphatic heterocycles. The van der Waals surface area contributed by atoms with Crippen LogP contribution in [0, 0.1) is 23.0 Å². The maximum absolute atomic E-state index is 12.2. The second kappa shape index (κ2) is 8.75. The topological polar surface area (TPSA) is 84.7 Å². The third kappa shape index (κ3) is 5.01. The second-order valence-electron chi connectivity index (χ2n) is 6.25. The fourth-order valence-electron chi connectivity index (χ4n) is 2.92. The molecule has 0 spiro atoms. The van der Waals surface area contributed by atoms with Gasteiger partial charge in [0.25, 0.3) is 11.6 Å². The molecule has 1 N–H and O–H groups in total. The third-order valence-corrected chi connectivity index (χ3v) is 4.54. The fourth-order valence-corrected chi connectivity index (χ4v) is 2.92. The van der Waals surface area contributed by atoms with Gasteiger partial charge in [-0.3, -0.25) is 14.9 Å². The van der Waals surface area contributed by atoms with Crippen LogP contribution in [0.2, 0.25) is 0 Å². The molecular weight excluding hydrogens is 310 g/mol. The summed E-state index contributed by atoms with van der Waals surface area (Å²) in [5.74, 6) is 0.202. The Morgan fingerprint density at radius 3 is 2.75 bits per heavy atom. The maximum Gasteiger partial charge on any atom is 0.273 e. The van der Waals surface area contributed by atoms with Gasteiger partial charge in [-0.25, -0.2) is 0 Å². The molecule has 1 heterocycles. The molecule has 0 bridgehead atoms. The number of aryl methyl sites for hydroxylation is 1. The van der Waals surface area contributed by atoms with Gasteiger partial charge in [-0.15, -0.1) is 0 Å². The van der Waals surface area contributed by atoms with Crippen LogP contribution in [-0.4, -0.2) is 55.6 Å². The lowest BCUT2D eigenvalue weighted by atomic mass is 9.96. The summed E-state index contributed by atoms with van der Waals surface area (Å²) in [6, 6.07) is 4.59. The van der Waals surface area contributed by atoms with Gasteiger partial charge in [0.05, 0.1) is 11.5 Å². The number of nitro benzene ring substituents is 1. The number of likely N-dealkylation sites (tertiary alicyclic amines) is 1. The van der Waals surface area contributed by atoms with E-state index in [0.717, 1.165) is 39.1 Å². The highest BCUT2D eigenvalue weighted by molar-refractivity contribution is 5.94. The SMILES string of the molecule is COCCN1CCC(CNC(=O)c2ccc(C)c([N+](=O)[O-])c2)CC1. The zero-order valence-electron chi connectivity index (χ0n) is 14.3. The molecule has 1 aromatic carbocycles. The van der Waals surface area contributed by atoms with Crippen LogP contribution in [0.5, 0.6) is 0 Å². The van der Waals surface area contributed by atoms with E-state index >= 15 is 0 Å². The Labute approximate surface area is 142 Å². The van der Waals surface area contributed by atoms with Gasteiger partial charge in [0.15, 0.2) is 0 Å².